The van der Waals surface area contributed by atoms with E-state index in [1.165, 1.54) is 22.3 Å². The third kappa shape index (κ3) is 9.88. The fourth-order valence-electron chi connectivity index (χ4n) is 4.86. The molecule has 0 aromatic heterocycles. The van der Waals surface area contributed by atoms with E-state index in [2.05, 4.69) is 40.2 Å². The quantitative estimate of drug-likeness (QED) is 0.245. The molecule has 8 heteroatoms. The summed E-state index contributed by atoms with van der Waals surface area (Å²) in [7, 11) is 0. The van der Waals surface area contributed by atoms with E-state index < -0.39 is 17.8 Å². The molecule has 1 atom stereocenters. The Morgan fingerprint density at radius 1 is 0.750 bits per heavy atom. The van der Waals surface area contributed by atoms with Crippen molar-refractivity contribution in [2.75, 3.05) is 26.2 Å². The van der Waals surface area contributed by atoms with Crippen molar-refractivity contribution in [1.29, 1.82) is 0 Å². The molecule has 0 bridgehead atoms. The van der Waals surface area contributed by atoms with Gasteiger partial charge in [0.25, 0.3) is 0 Å². The molecule has 1 aliphatic rings. The number of nitrogens with one attached hydrogen (secondary N) is 3. The molecule has 40 heavy (non-hydrogen) atoms. The maximum absolute atomic E-state index is 12.3. The second kappa shape index (κ2) is 15.3. The van der Waals surface area contributed by atoms with E-state index in [4.69, 9.17) is 9.47 Å². The lowest BCUT2D eigenvalue weighted by Gasteiger charge is -2.19. The molecule has 3 amide bonds. The predicted octanol–water partition coefficient (Wildman–Crippen LogP) is 6.14. The maximum Gasteiger partial charge on any atom is 0.407 e. The van der Waals surface area contributed by atoms with Crippen LogP contribution in [-0.2, 0) is 14.3 Å². The Kier molecular flexibility index (Phi) is 11.8. The lowest BCUT2D eigenvalue weighted by molar-refractivity contribution is -0.124. The van der Waals surface area contributed by atoms with E-state index >= 15 is 0 Å². The lowest BCUT2D eigenvalue weighted by atomic mass is 9.98. The third-order valence-electron chi connectivity index (χ3n) is 6.95. The van der Waals surface area contributed by atoms with Crippen molar-refractivity contribution in [3.8, 4) is 11.1 Å². The monoisotopic (exact) mass is 551 g/mol. The molecule has 0 saturated heterocycles. The molecule has 3 N–H and O–H groups in total. The number of carbonyl (C=O) groups is 3. The van der Waals surface area contributed by atoms with Crippen LogP contribution < -0.4 is 16.0 Å². The summed E-state index contributed by atoms with van der Waals surface area (Å²) in [5.41, 5.74) is 4.31. The number of hydrogen-bond donors (Lipinski definition) is 3. The second-order valence-corrected chi connectivity index (χ2v) is 11.4. The van der Waals surface area contributed by atoms with Crippen LogP contribution in [0.15, 0.2) is 48.5 Å². The Balaban J connectivity index is 1.20. The van der Waals surface area contributed by atoms with Crippen molar-refractivity contribution in [2.24, 2.45) is 5.92 Å². The molecule has 0 heterocycles. The van der Waals surface area contributed by atoms with Gasteiger partial charge in [0.2, 0.25) is 5.91 Å². The number of carbonyl (C=O) groups excluding carboxylic acids is 3. The van der Waals surface area contributed by atoms with Crippen molar-refractivity contribution < 1.29 is 23.9 Å². The first-order valence-corrected chi connectivity index (χ1v) is 14.5. The van der Waals surface area contributed by atoms with Crippen LogP contribution in [0.25, 0.3) is 11.1 Å². The Hall–Kier alpha value is -3.55. The van der Waals surface area contributed by atoms with E-state index in [1.807, 2.05) is 52.0 Å². The first-order chi connectivity index (χ1) is 19.2. The average molecular weight is 552 g/mol. The van der Waals surface area contributed by atoms with E-state index in [1.54, 1.807) is 0 Å². The molecule has 0 saturated carbocycles. The molecule has 0 fully saturated rings. The van der Waals surface area contributed by atoms with Crippen molar-refractivity contribution in [3.63, 3.8) is 0 Å². The highest BCUT2D eigenvalue weighted by molar-refractivity contribution is 5.79. The molecule has 0 spiro atoms. The molecule has 1 aliphatic carbocycles. The Morgan fingerprint density at radius 3 is 1.88 bits per heavy atom. The summed E-state index contributed by atoms with van der Waals surface area (Å²) in [6.07, 6.45) is 4.18. The van der Waals surface area contributed by atoms with Gasteiger partial charge >= 0.3 is 12.2 Å². The molecule has 218 valence electrons. The lowest BCUT2D eigenvalue weighted by Crippen LogP contribution is -2.33. The van der Waals surface area contributed by atoms with Crippen molar-refractivity contribution in [1.82, 2.24) is 16.0 Å². The van der Waals surface area contributed by atoms with Crippen LogP contribution in [-0.4, -0.2) is 49.9 Å². The standard InChI is InChI=1S/C32H45N3O5/c1-23(14-10-13-21-35-31(38)40-32(2,3)4)29(36)33-19-11-5-12-20-34-30(37)39-22-28-26-17-8-6-15-24(26)25-16-7-9-18-27(25)28/h6-9,15-18,23,28H,5,10-14,19-22H2,1-4H3,(H,33,36)(H,34,37)(H,35,38). The van der Waals surface area contributed by atoms with Crippen LogP contribution in [0.5, 0.6) is 0 Å². The highest BCUT2D eigenvalue weighted by Crippen LogP contribution is 2.44. The summed E-state index contributed by atoms with van der Waals surface area (Å²) < 4.78 is 10.8. The number of amides is 3. The van der Waals surface area contributed by atoms with Gasteiger partial charge in [-0.2, -0.15) is 0 Å². The minimum atomic E-state index is -0.504. The van der Waals surface area contributed by atoms with Gasteiger partial charge in [-0.05, 0) is 75.1 Å². The number of alkyl carbamates (subject to hydrolysis) is 2. The molecule has 2 aromatic carbocycles. The van der Waals surface area contributed by atoms with Gasteiger partial charge in [-0.15, -0.1) is 0 Å². The molecular formula is C32H45N3O5. The third-order valence-corrected chi connectivity index (χ3v) is 6.95. The number of fused-ring (bicyclic) bond motifs is 3. The first-order valence-electron chi connectivity index (χ1n) is 14.5. The molecule has 0 radical (unpaired) electrons. The van der Waals surface area contributed by atoms with Gasteiger partial charge in [-0.25, -0.2) is 9.59 Å². The number of rotatable bonds is 14. The zero-order valence-corrected chi connectivity index (χ0v) is 24.4. The van der Waals surface area contributed by atoms with Crippen LogP contribution in [0.2, 0.25) is 0 Å². The summed E-state index contributed by atoms with van der Waals surface area (Å²) in [5.74, 6) is 0.0340. The van der Waals surface area contributed by atoms with E-state index in [-0.39, 0.29) is 17.7 Å². The highest BCUT2D eigenvalue weighted by Gasteiger charge is 2.29. The number of benzene rings is 2. The zero-order valence-electron chi connectivity index (χ0n) is 24.4. The van der Waals surface area contributed by atoms with Crippen LogP contribution >= 0.6 is 0 Å². The highest BCUT2D eigenvalue weighted by atomic mass is 16.6. The second-order valence-electron chi connectivity index (χ2n) is 11.4. The summed E-state index contributed by atoms with van der Waals surface area (Å²) in [6.45, 7) is 9.42. The van der Waals surface area contributed by atoms with Gasteiger partial charge in [-0.1, -0.05) is 61.9 Å². The normalized spacial score (nSPS) is 13.1. The van der Waals surface area contributed by atoms with Crippen molar-refractivity contribution >= 4 is 18.1 Å². The van der Waals surface area contributed by atoms with Gasteiger partial charge in [0.05, 0.1) is 0 Å². The minimum Gasteiger partial charge on any atom is -0.449 e. The largest absolute Gasteiger partial charge is 0.449 e. The Labute approximate surface area is 238 Å². The number of ether oxygens (including phenoxy) is 2. The average Bonchev–Trinajstić information content (AvgIpc) is 3.23. The Bertz CT molecular complexity index is 1080. The maximum atomic E-state index is 12.3. The van der Waals surface area contributed by atoms with Crippen LogP contribution in [0.1, 0.15) is 83.3 Å². The minimum absolute atomic E-state index is 0.0527. The van der Waals surface area contributed by atoms with Gasteiger partial charge < -0.3 is 25.4 Å². The zero-order chi connectivity index (χ0) is 29.0. The van der Waals surface area contributed by atoms with E-state index in [9.17, 15) is 14.4 Å². The predicted molar refractivity (Wildman–Crippen MR) is 157 cm³/mol. The molecular weight excluding hydrogens is 506 g/mol. The molecule has 2 aromatic rings. The summed E-state index contributed by atoms with van der Waals surface area (Å²) >= 11 is 0. The topological polar surface area (TPSA) is 106 Å². The smallest absolute Gasteiger partial charge is 0.407 e. The van der Waals surface area contributed by atoms with E-state index in [0.29, 0.717) is 26.2 Å². The fourth-order valence-corrected chi connectivity index (χ4v) is 4.86. The molecule has 3 rings (SSSR count). The molecule has 8 nitrogen and oxygen atoms in total. The van der Waals surface area contributed by atoms with Crippen LogP contribution in [0.4, 0.5) is 9.59 Å². The van der Waals surface area contributed by atoms with Crippen LogP contribution in [0, 0.1) is 5.92 Å². The summed E-state index contributed by atoms with van der Waals surface area (Å²) in [6, 6.07) is 16.6. The Morgan fingerprint density at radius 2 is 1.27 bits per heavy atom. The summed E-state index contributed by atoms with van der Waals surface area (Å²) in [5, 5.41) is 8.57. The van der Waals surface area contributed by atoms with Gasteiger partial charge in [0.1, 0.15) is 12.2 Å². The van der Waals surface area contributed by atoms with Crippen molar-refractivity contribution in [2.45, 2.75) is 77.7 Å². The number of hydrogen-bond acceptors (Lipinski definition) is 5. The van der Waals surface area contributed by atoms with Gasteiger partial charge in [0.15, 0.2) is 0 Å². The summed E-state index contributed by atoms with van der Waals surface area (Å²) in [4.78, 5) is 36.2. The van der Waals surface area contributed by atoms with Gasteiger partial charge in [-0.3, -0.25) is 4.79 Å². The van der Waals surface area contributed by atoms with Crippen molar-refractivity contribution in [3.05, 3.63) is 59.7 Å². The van der Waals surface area contributed by atoms with Crippen LogP contribution in [0.3, 0.4) is 0 Å². The SMILES string of the molecule is CC(CCCCNC(=O)OC(C)(C)C)C(=O)NCCCCCNC(=O)OCC1c2ccccc2-c2ccccc21. The molecule has 0 aliphatic heterocycles. The number of unbranched alkanes of at least 4 members (excludes halogenated alkanes) is 3. The van der Waals surface area contributed by atoms with Gasteiger partial charge in [0, 0.05) is 31.5 Å². The van der Waals surface area contributed by atoms with E-state index in [0.717, 1.165) is 38.5 Å². The fraction of sp³-hybridized carbons (Fsp3) is 0.531. The molecule has 1 unspecified atom stereocenters. The first kappa shape index (κ1) is 31.0.